The molecule has 0 aliphatic carbocycles. The standard InChI is InChI=1S/CH5N3Si3/c1-4-2-3-5-7-6-4/h2-3H,1H3. The Labute approximate surface area is 50.0 Å². The first-order valence-corrected chi connectivity index (χ1v) is 6.84. The van der Waals surface area contributed by atoms with Crippen LogP contribution in [0.4, 0.5) is 0 Å². The maximum atomic E-state index is 3.06. The minimum Gasteiger partial charge on any atom is -0.273 e. The Morgan fingerprint density at radius 3 is 2.71 bits per heavy atom. The van der Waals surface area contributed by atoms with E-state index in [9.17, 15) is 0 Å². The van der Waals surface area contributed by atoms with Crippen molar-refractivity contribution in [3.05, 3.63) is 0 Å². The van der Waals surface area contributed by atoms with Crippen molar-refractivity contribution in [2.45, 2.75) is 0 Å². The van der Waals surface area contributed by atoms with Crippen LogP contribution in [0, 0.1) is 0 Å². The molecule has 2 N–H and O–H groups in total. The minimum atomic E-state index is 0.925. The molecule has 0 aromatic heterocycles. The van der Waals surface area contributed by atoms with Crippen molar-refractivity contribution >= 4 is 27.0 Å². The molecule has 0 aromatic rings. The monoisotopic (exact) mass is 143 g/mol. The van der Waals surface area contributed by atoms with Gasteiger partial charge in [0.1, 0.15) is 18.4 Å². The Morgan fingerprint density at radius 1 is 1.57 bits per heavy atom. The number of hydrogen-bond acceptors (Lipinski definition) is 3. The van der Waals surface area contributed by atoms with Gasteiger partial charge in [0, 0.05) is 0 Å². The number of rotatable bonds is 0. The van der Waals surface area contributed by atoms with Gasteiger partial charge in [0.05, 0.1) is 8.55 Å². The first-order valence-electron chi connectivity index (χ1n) is 1.89. The summed E-state index contributed by atoms with van der Waals surface area (Å²) < 4.78 is 2.08. The first-order chi connectivity index (χ1) is 3.39. The molecule has 1 saturated heterocycles. The Morgan fingerprint density at radius 2 is 2.43 bits per heavy atom. The number of nitrogens with one attached hydrogen (secondary N) is 2. The van der Waals surface area contributed by atoms with E-state index in [2.05, 4.69) is 15.3 Å². The van der Waals surface area contributed by atoms with Gasteiger partial charge in [-0.3, -0.25) is 9.77 Å². The van der Waals surface area contributed by atoms with Crippen molar-refractivity contribution in [1.82, 2.24) is 15.3 Å². The largest absolute Gasteiger partial charge is 0.273 e. The molecular formula is CH5N3Si3. The van der Waals surface area contributed by atoms with Gasteiger partial charge >= 0.3 is 0 Å². The van der Waals surface area contributed by atoms with Gasteiger partial charge in [-0.25, -0.2) is 5.53 Å². The van der Waals surface area contributed by atoms with Crippen LogP contribution in [0.25, 0.3) is 0 Å². The Hall–Kier alpha value is 0.531. The fraction of sp³-hybridized carbons (Fsp3) is 1.00. The fourth-order valence-electron chi connectivity index (χ4n) is 0.283. The van der Waals surface area contributed by atoms with Gasteiger partial charge in [0.25, 0.3) is 0 Å². The lowest BCUT2D eigenvalue weighted by molar-refractivity contribution is 0.372. The molecular weight excluding hydrogens is 138 g/mol. The summed E-state index contributed by atoms with van der Waals surface area (Å²) in [4.78, 5) is 0. The van der Waals surface area contributed by atoms with Crippen molar-refractivity contribution in [3.8, 4) is 0 Å². The minimum absolute atomic E-state index is 0.925. The van der Waals surface area contributed by atoms with Crippen LogP contribution in [0.3, 0.4) is 0 Å². The maximum absolute atomic E-state index is 3.06. The average Bonchev–Trinajstić information content (AvgIpc) is 1.69. The van der Waals surface area contributed by atoms with Gasteiger partial charge in [-0.2, -0.15) is 0 Å². The molecule has 0 amide bonds. The van der Waals surface area contributed by atoms with Crippen molar-refractivity contribution in [3.63, 3.8) is 0 Å². The van der Waals surface area contributed by atoms with E-state index in [-0.39, 0.29) is 0 Å². The highest BCUT2D eigenvalue weighted by Crippen LogP contribution is 1.67. The van der Waals surface area contributed by atoms with Gasteiger partial charge in [-0.05, 0) is 7.05 Å². The summed E-state index contributed by atoms with van der Waals surface area (Å²) in [5.74, 6) is 0. The van der Waals surface area contributed by atoms with Gasteiger partial charge < -0.3 is 0 Å². The summed E-state index contributed by atoms with van der Waals surface area (Å²) in [6.45, 7) is 0. The lowest BCUT2D eigenvalue weighted by Crippen LogP contribution is -2.57. The normalized spacial score (nSPS) is 25.3. The Balaban J connectivity index is 2.12. The molecule has 0 unspecified atom stereocenters. The number of hydrogen-bond donors (Lipinski definition) is 2. The van der Waals surface area contributed by atoms with Crippen molar-refractivity contribution < 1.29 is 0 Å². The fourth-order valence-corrected chi connectivity index (χ4v) is 4.78. The van der Waals surface area contributed by atoms with E-state index < -0.39 is 0 Å². The van der Waals surface area contributed by atoms with Gasteiger partial charge in [-0.1, -0.05) is 0 Å². The molecule has 1 aliphatic rings. The quantitative estimate of drug-likeness (QED) is 0.374. The molecule has 1 fully saturated rings. The highest BCUT2D eigenvalue weighted by Gasteiger charge is 2.04. The van der Waals surface area contributed by atoms with Crippen LogP contribution in [-0.4, -0.2) is 38.7 Å². The highest BCUT2D eigenvalue weighted by atomic mass is 29.5. The molecule has 0 saturated carbocycles. The van der Waals surface area contributed by atoms with Gasteiger partial charge in [0.15, 0.2) is 0 Å². The van der Waals surface area contributed by atoms with Crippen molar-refractivity contribution in [2.24, 2.45) is 0 Å². The number of hydrazine groups is 2. The third kappa shape index (κ3) is 1.84. The molecule has 1 rings (SSSR count). The van der Waals surface area contributed by atoms with Crippen LogP contribution in [0.1, 0.15) is 0 Å². The zero-order valence-corrected chi connectivity index (χ0v) is 6.95. The number of nitrogens with zero attached hydrogens (tertiary/aromatic N) is 1. The first kappa shape index (κ1) is 5.66. The lowest BCUT2D eigenvalue weighted by atomic mass is 11.5. The SMILES string of the molecule is CN1NN[Si][Si][Si]1. The van der Waals surface area contributed by atoms with Crippen LogP contribution in [0.5, 0.6) is 0 Å². The zero-order valence-electron chi connectivity index (χ0n) is 3.95. The summed E-state index contributed by atoms with van der Waals surface area (Å²) >= 11 is 0. The second-order valence-corrected chi connectivity index (χ2v) is 7.22. The maximum Gasteiger partial charge on any atom is 0.142 e. The topological polar surface area (TPSA) is 27.3 Å². The van der Waals surface area contributed by atoms with E-state index in [0.29, 0.717) is 0 Å². The summed E-state index contributed by atoms with van der Waals surface area (Å²) in [7, 11) is 5.03. The van der Waals surface area contributed by atoms with Crippen LogP contribution < -0.4 is 10.6 Å². The molecule has 6 radical (unpaired) electrons. The molecule has 3 nitrogen and oxygen atoms in total. The molecule has 0 aromatic carbocycles. The molecule has 36 valence electrons. The summed E-state index contributed by atoms with van der Waals surface area (Å²) in [6, 6.07) is 0. The Bertz CT molecular complexity index is 52.1. The third-order valence-corrected chi connectivity index (χ3v) is 5.72. The van der Waals surface area contributed by atoms with E-state index in [0.717, 1.165) is 27.0 Å². The highest BCUT2D eigenvalue weighted by molar-refractivity contribution is 7.28. The van der Waals surface area contributed by atoms with E-state index >= 15 is 0 Å². The molecule has 6 heteroatoms. The second-order valence-electron chi connectivity index (χ2n) is 1.16. The van der Waals surface area contributed by atoms with E-state index in [1.165, 1.54) is 0 Å². The molecule has 1 aliphatic heterocycles. The zero-order chi connectivity index (χ0) is 5.11. The summed E-state index contributed by atoms with van der Waals surface area (Å²) in [6.07, 6.45) is 0. The predicted octanol–water partition coefficient (Wildman–Crippen LogP) is -2.29. The van der Waals surface area contributed by atoms with Crippen LogP contribution >= 0.6 is 0 Å². The lowest BCUT2D eigenvalue weighted by Gasteiger charge is -2.21. The van der Waals surface area contributed by atoms with Crippen molar-refractivity contribution in [1.29, 1.82) is 0 Å². The van der Waals surface area contributed by atoms with E-state index in [1.54, 1.807) is 0 Å². The summed E-state index contributed by atoms with van der Waals surface area (Å²) in [5.41, 5.74) is 3.00. The molecule has 7 heavy (non-hydrogen) atoms. The predicted molar refractivity (Wildman–Crippen MR) is 31.3 cm³/mol. The van der Waals surface area contributed by atoms with E-state index in [1.807, 2.05) is 7.05 Å². The van der Waals surface area contributed by atoms with Crippen LogP contribution in [0.2, 0.25) is 0 Å². The van der Waals surface area contributed by atoms with Crippen molar-refractivity contribution in [2.75, 3.05) is 7.05 Å². The van der Waals surface area contributed by atoms with E-state index in [4.69, 9.17) is 0 Å². The average molecular weight is 143 g/mol. The van der Waals surface area contributed by atoms with Crippen LogP contribution in [-0.2, 0) is 0 Å². The molecule has 0 atom stereocenters. The molecule has 0 spiro atoms. The summed E-state index contributed by atoms with van der Waals surface area (Å²) in [5, 5.41) is 3.06. The van der Waals surface area contributed by atoms with Gasteiger partial charge in [0.2, 0.25) is 0 Å². The van der Waals surface area contributed by atoms with Crippen LogP contribution in [0.15, 0.2) is 0 Å². The Kier molecular flexibility index (Phi) is 2.22. The smallest absolute Gasteiger partial charge is 0.142 e. The molecule has 0 bridgehead atoms. The third-order valence-electron chi connectivity index (χ3n) is 0.572. The van der Waals surface area contributed by atoms with Gasteiger partial charge in [-0.15, -0.1) is 0 Å². The second kappa shape index (κ2) is 2.75. The molecule has 1 heterocycles.